The maximum absolute atomic E-state index is 11.9. The molecule has 1 aliphatic rings. The second kappa shape index (κ2) is 5.82. The summed E-state index contributed by atoms with van der Waals surface area (Å²) >= 11 is 0. The largest absolute Gasteiger partial charge is 0.309 e. The Morgan fingerprint density at radius 3 is 2.40 bits per heavy atom. The molecule has 1 radical (unpaired) electrons. The first-order chi connectivity index (χ1) is 7.02. The van der Waals surface area contributed by atoms with Crippen molar-refractivity contribution in [1.29, 1.82) is 0 Å². The van der Waals surface area contributed by atoms with Gasteiger partial charge in [-0.05, 0) is 46.3 Å². The molecule has 0 bridgehead atoms. The molecule has 0 unspecified atom stereocenters. The summed E-state index contributed by atoms with van der Waals surface area (Å²) in [6, 6.07) is 0. The summed E-state index contributed by atoms with van der Waals surface area (Å²) < 4.78 is 25.3. The molecule has 0 aromatic rings. The van der Waals surface area contributed by atoms with E-state index in [0.29, 0.717) is 13.1 Å². The third-order valence-electron chi connectivity index (χ3n) is 2.57. The van der Waals surface area contributed by atoms with E-state index in [-0.39, 0.29) is 5.75 Å². The van der Waals surface area contributed by atoms with Gasteiger partial charge in [0.25, 0.3) is 0 Å². The Balaban J connectivity index is 2.36. The topological polar surface area (TPSA) is 40.6 Å². The Labute approximate surface area is 93.3 Å². The van der Waals surface area contributed by atoms with Gasteiger partial charge in [0.15, 0.2) is 0 Å². The molecule has 1 aliphatic heterocycles. The van der Waals surface area contributed by atoms with Gasteiger partial charge in [0.05, 0.1) is 5.75 Å². The first kappa shape index (κ1) is 12.9. The fourth-order valence-corrected chi connectivity index (χ4v) is 3.22. The molecule has 1 fully saturated rings. The Morgan fingerprint density at radius 1 is 1.27 bits per heavy atom. The van der Waals surface area contributed by atoms with E-state index >= 15 is 0 Å². The number of piperidine rings is 1. The number of hydrogen-bond donors (Lipinski definition) is 0. The van der Waals surface area contributed by atoms with Crippen molar-refractivity contribution in [1.82, 2.24) is 9.21 Å². The molecule has 0 aromatic heterocycles. The molecule has 1 saturated heterocycles. The van der Waals surface area contributed by atoms with Gasteiger partial charge in [-0.15, -0.1) is 0 Å². The van der Waals surface area contributed by atoms with Gasteiger partial charge in [-0.25, -0.2) is 12.7 Å². The van der Waals surface area contributed by atoms with Crippen LogP contribution < -0.4 is 0 Å². The van der Waals surface area contributed by atoms with E-state index in [1.807, 2.05) is 19.0 Å². The Bertz CT molecular complexity index is 269. The van der Waals surface area contributed by atoms with Gasteiger partial charge in [0.1, 0.15) is 0 Å². The van der Waals surface area contributed by atoms with Crippen LogP contribution in [0.2, 0.25) is 0 Å². The highest BCUT2D eigenvalue weighted by Gasteiger charge is 2.23. The Morgan fingerprint density at radius 2 is 1.87 bits per heavy atom. The van der Waals surface area contributed by atoms with Crippen molar-refractivity contribution in [2.75, 3.05) is 39.5 Å². The van der Waals surface area contributed by atoms with Crippen LogP contribution in [0.4, 0.5) is 0 Å². The van der Waals surface area contributed by atoms with E-state index in [9.17, 15) is 8.42 Å². The van der Waals surface area contributed by atoms with Gasteiger partial charge in [-0.1, -0.05) is 0 Å². The van der Waals surface area contributed by atoms with Gasteiger partial charge in [0.2, 0.25) is 10.0 Å². The number of hydrogen-bond acceptors (Lipinski definition) is 3. The van der Waals surface area contributed by atoms with Crippen LogP contribution in [0, 0.1) is 6.42 Å². The van der Waals surface area contributed by atoms with Crippen molar-refractivity contribution >= 4 is 10.0 Å². The molecule has 0 amide bonds. The fraction of sp³-hybridized carbons (Fsp3) is 0.900. The molecule has 0 spiro atoms. The summed E-state index contributed by atoms with van der Waals surface area (Å²) in [7, 11) is 0.929. The third kappa shape index (κ3) is 4.49. The van der Waals surface area contributed by atoms with Crippen LogP contribution >= 0.6 is 0 Å². The molecule has 4 nitrogen and oxygen atoms in total. The van der Waals surface area contributed by atoms with Gasteiger partial charge in [-0.3, -0.25) is 0 Å². The minimum absolute atomic E-state index is 0.283. The zero-order valence-corrected chi connectivity index (χ0v) is 10.5. The second-order valence-corrected chi connectivity index (χ2v) is 6.33. The van der Waals surface area contributed by atoms with Crippen molar-refractivity contribution in [3.63, 3.8) is 0 Å². The van der Waals surface area contributed by atoms with Crippen molar-refractivity contribution in [2.24, 2.45) is 0 Å². The summed E-state index contributed by atoms with van der Waals surface area (Å²) in [5.41, 5.74) is 0. The molecule has 15 heavy (non-hydrogen) atoms. The van der Waals surface area contributed by atoms with Crippen LogP contribution in [0.25, 0.3) is 0 Å². The predicted octanol–water partition coefficient (Wildman–Crippen LogP) is 0.568. The maximum Gasteiger partial charge on any atom is 0.214 e. The fourth-order valence-electron chi connectivity index (χ4n) is 1.70. The minimum Gasteiger partial charge on any atom is -0.309 e. The number of rotatable bonds is 5. The van der Waals surface area contributed by atoms with E-state index in [4.69, 9.17) is 0 Å². The van der Waals surface area contributed by atoms with Crippen molar-refractivity contribution in [2.45, 2.75) is 19.3 Å². The average Bonchev–Trinajstić information content (AvgIpc) is 2.18. The Hall–Kier alpha value is -0.130. The van der Waals surface area contributed by atoms with Crippen LogP contribution in [-0.2, 0) is 10.0 Å². The summed E-state index contributed by atoms with van der Waals surface area (Å²) in [5, 5.41) is 0. The van der Waals surface area contributed by atoms with Gasteiger partial charge in [0, 0.05) is 13.1 Å². The molecule has 0 saturated carbocycles. The molecule has 1 heterocycles. The van der Waals surface area contributed by atoms with Gasteiger partial charge in [-0.2, -0.15) is 0 Å². The normalized spacial score (nSPS) is 19.7. The molecular weight excluding hydrogens is 212 g/mol. The van der Waals surface area contributed by atoms with Crippen molar-refractivity contribution in [3.8, 4) is 0 Å². The molecular formula is C10H21N2O2S. The van der Waals surface area contributed by atoms with E-state index in [1.165, 1.54) is 0 Å². The highest BCUT2D eigenvalue weighted by atomic mass is 32.2. The molecule has 1 rings (SSSR count). The molecule has 0 N–H and O–H groups in total. The van der Waals surface area contributed by atoms with E-state index in [0.717, 1.165) is 25.8 Å². The standard InChI is InChI=1S/C10H21N2O2S/c1-11(2)7-6-10-15(13,14)12-8-4-3-5-9-12/h3H,4-10H2,1-2H3. The highest BCUT2D eigenvalue weighted by Crippen LogP contribution is 2.13. The lowest BCUT2D eigenvalue weighted by atomic mass is 10.2. The van der Waals surface area contributed by atoms with Crippen LogP contribution in [0.15, 0.2) is 0 Å². The summed E-state index contributed by atoms with van der Waals surface area (Å²) in [6.07, 6.45) is 4.67. The summed E-state index contributed by atoms with van der Waals surface area (Å²) in [6.45, 7) is 2.17. The van der Waals surface area contributed by atoms with E-state index in [1.54, 1.807) is 4.31 Å². The second-order valence-electron chi connectivity index (χ2n) is 4.24. The quantitative estimate of drug-likeness (QED) is 0.697. The van der Waals surface area contributed by atoms with Crippen molar-refractivity contribution in [3.05, 3.63) is 6.42 Å². The van der Waals surface area contributed by atoms with Crippen LogP contribution in [0.3, 0.4) is 0 Å². The lowest BCUT2D eigenvalue weighted by molar-refractivity contribution is 0.376. The molecule has 0 atom stereocenters. The average molecular weight is 233 g/mol. The highest BCUT2D eigenvalue weighted by molar-refractivity contribution is 7.89. The number of nitrogens with zero attached hydrogens (tertiary/aromatic N) is 2. The summed E-state index contributed by atoms with van der Waals surface area (Å²) in [4.78, 5) is 2.01. The van der Waals surface area contributed by atoms with Gasteiger partial charge >= 0.3 is 0 Å². The number of sulfonamides is 1. The third-order valence-corrected chi connectivity index (χ3v) is 4.52. The lowest BCUT2D eigenvalue weighted by Crippen LogP contribution is -2.37. The van der Waals surface area contributed by atoms with Crippen LogP contribution in [0.1, 0.15) is 19.3 Å². The minimum atomic E-state index is -2.99. The zero-order valence-electron chi connectivity index (χ0n) is 9.65. The zero-order chi connectivity index (χ0) is 11.3. The summed E-state index contributed by atoms with van der Waals surface area (Å²) in [5.74, 6) is 0.283. The monoisotopic (exact) mass is 233 g/mol. The van der Waals surface area contributed by atoms with E-state index < -0.39 is 10.0 Å². The molecule has 89 valence electrons. The van der Waals surface area contributed by atoms with E-state index in [2.05, 4.69) is 6.42 Å². The molecule has 0 aliphatic carbocycles. The van der Waals surface area contributed by atoms with Crippen molar-refractivity contribution < 1.29 is 8.42 Å². The SMILES string of the molecule is CN(C)CCCS(=O)(=O)N1CC[CH]CC1. The molecule has 0 aromatic carbocycles. The first-order valence-electron chi connectivity index (χ1n) is 5.46. The maximum atomic E-state index is 11.9. The predicted molar refractivity (Wildman–Crippen MR) is 62.1 cm³/mol. The van der Waals surface area contributed by atoms with Crippen LogP contribution in [-0.4, -0.2) is 57.1 Å². The molecule has 5 heteroatoms. The Kier molecular flexibility index (Phi) is 5.02. The van der Waals surface area contributed by atoms with Gasteiger partial charge < -0.3 is 4.90 Å². The smallest absolute Gasteiger partial charge is 0.214 e. The van der Waals surface area contributed by atoms with Crippen LogP contribution in [0.5, 0.6) is 0 Å². The lowest BCUT2D eigenvalue weighted by Gasteiger charge is -2.25. The first-order valence-corrected chi connectivity index (χ1v) is 7.07.